The Hall–Kier alpha value is -2.34. The Morgan fingerprint density at radius 3 is 2.81 bits per heavy atom. The molecule has 4 N–H and O–H groups in total. The van der Waals surface area contributed by atoms with Gasteiger partial charge in [0.25, 0.3) is 5.91 Å². The molecule has 138 valence electrons. The van der Waals surface area contributed by atoms with E-state index in [4.69, 9.17) is 5.73 Å². The Morgan fingerprint density at radius 2 is 2.08 bits per heavy atom. The molecule has 1 aromatic carbocycles. The summed E-state index contributed by atoms with van der Waals surface area (Å²) in [7, 11) is 0. The van der Waals surface area contributed by atoms with Crippen LogP contribution in [0.25, 0.3) is 0 Å². The third kappa shape index (κ3) is 3.21. The third-order valence-electron chi connectivity index (χ3n) is 5.94. The van der Waals surface area contributed by atoms with E-state index >= 15 is 0 Å². The van der Waals surface area contributed by atoms with Crippen molar-refractivity contribution in [1.29, 1.82) is 0 Å². The van der Waals surface area contributed by atoms with E-state index in [-0.39, 0.29) is 5.41 Å². The minimum absolute atomic E-state index is 0.277. The number of fused-ring (bicyclic) bond motifs is 1. The second-order valence-corrected chi connectivity index (χ2v) is 7.68. The van der Waals surface area contributed by atoms with Gasteiger partial charge in [-0.15, -0.1) is 0 Å². The molecule has 6 nitrogen and oxygen atoms in total. The van der Waals surface area contributed by atoms with Gasteiger partial charge in [0.1, 0.15) is 11.4 Å². The normalized spacial score (nSPS) is 21.2. The van der Waals surface area contributed by atoms with Gasteiger partial charge in [-0.3, -0.25) is 4.79 Å². The molecule has 1 aliphatic carbocycles. The molecule has 4 rings (SSSR count). The van der Waals surface area contributed by atoms with Crippen LogP contribution in [0.2, 0.25) is 0 Å². The first kappa shape index (κ1) is 17.1. The molecule has 1 fully saturated rings. The summed E-state index contributed by atoms with van der Waals surface area (Å²) in [6, 6.07) is 10.9. The number of aromatic nitrogens is 2. The minimum Gasteiger partial charge on any atom is -0.369 e. The summed E-state index contributed by atoms with van der Waals surface area (Å²) in [4.78, 5) is 11.4. The predicted molar refractivity (Wildman–Crippen MR) is 102 cm³/mol. The molecule has 0 spiro atoms. The lowest BCUT2D eigenvalue weighted by molar-refractivity contribution is 0.100. The van der Waals surface area contributed by atoms with Gasteiger partial charge >= 0.3 is 0 Å². The molecule has 0 radical (unpaired) electrons. The first-order valence-corrected chi connectivity index (χ1v) is 9.54. The van der Waals surface area contributed by atoms with E-state index in [0.717, 1.165) is 32.0 Å². The number of carbonyl (C=O) groups excluding carboxylic acids is 1. The van der Waals surface area contributed by atoms with Gasteiger partial charge in [0.15, 0.2) is 0 Å². The minimum atomic E-state index is -0.429. The van der Waals surface area contributed by atoms with E-state index in [1.807, 2.05) is 4.68 Å². The molecule has 2 heterocycles. The number of hydrogen-bond donors (Lipinski definition) is 3. The molecule has 0 bridgehead atoms. The molecule has 26 heavy (non-hydrogen) atoms. The van der Waals surface area contributed by atoms with E-state index in [9.17, 15) is 4.79 Å². The van der Waals surface area contributed by atoms with Crippen LogP contribution in [-0.2, 0) is 12.0 Å². The Labute approximate surface area is 154 Å². The van der Waals surface area contributed by atoms with E-state index in [1.165, 1.54) is 31.2 Å². The lowest BCUT2D eigenvalue weighted by atomic mass is 9.79. The van der Waals surface area contributed by atoms with Crippen molar-refractivity contribution < 1.29 is 4.79 Å². The summed E-state index contributed by atoms with van der Waals surface area (Å²) in [6.07, 6.45) is 6.71. The number of amides is 1. The number of rotatable bonds is 6. The zero-order chi connectivity index (χ0) is 18.0. The van der Waals surface area contributed by atoms with Crippen molar-refractivity contribution in [2.24, 2.45) is 11.7 Å². The van der Waals surface area contributed by atoms with Crippen molar-refractivity contribution in [3.63, 3.8) is 0 Å². The van der Waals surface area contributed by atoms with E-state index in [2.05, 4.69) is 46.1 Å². The molecule has 1 aliphatic heterocycles. The van der Waals surface area contributed by atoms with Gasteiger partial charge in [-0.05, 0) is 18.4 Å². The van der Waals surface area contributed by atoms with Crippen molar-refractivity contribution in [3.05, 3.63) is 47.7 Å². The summed E-state index contributed by atoms with van der Waals surface area (Å²) >= 11 is 0. The monoisotopic (exact) mass is 353 g/mol. The van der Waals surface area contributed by atoms with Crippen molar-refractivity contribution in [2.75, 3.05) is 25.0 Å². The van der Waals surface area contributed by atoms with Crippen LogP contribution in [0.4, 0.5) is 5.82 Å². The third-order valence-corrected chi connectivity index (χ3v) is 5.94. The van der Waals surface area contributed by atoms with Gasteiger partial charge < -0.3 is 16.4 Å². The molecule has 1 unspecified atom stereocenters. The molecular weight excluding hydrogens is 326 g/mol. The van der Waals surface area contributed by atoms with E-state index in [1.54, 1.807) is 6.20 Å². The van der Waals surface area contributed by atoms with Crippen molar-refractivity contribution in [2.45, 2.75) is 37.6 Å². The molecule has 2 aromatic rings. The van der Waals surface area contributed by atoms with Crippen LogP contribution in [0.15, 0.2) is 36.5 Å². The number of benzene rings is 1. The number of nitrogens with two attached hydrogens (primary N) is 1. The fraction of sp³-hybridized carbons (Fsp3) is 0.500. The zero-order valence-corrected chi connectivity index (χ0v) is 15.1. The highest BCUT2D eigenvalue weighted by atomic mass is 16.1. The maximum atomic E-state index is 11.4. The molecular formula is C20H27N5O. The maximum Gasteiger partial charge on any atom is 0.254 e. The fourth-order valence-electron chi connectivity index (χ4n) is 4.50. The Morgan fingerprint density at radius 1 is 1.31 bits per heavy atom. The fourth-order valence-corrected chi connectivity index (χ4v) is 4.50. The van der Waals surface area contributed by atoms with Gasteiger partial charge in [-0.25, -0.2) is 4.68 Å². The SMILES string of the molecule is NC(=O)c1cnn2c1NCC(CNCC1(c3ccccc3)CCCC1)C2. The number of carbonyl (C=O) groups is 1. The smallest absolute Gasteiger partial charge is 0.254 e. The average Bonchev–Trinajstić information content (AvgIpc) is 3.30. The Balaban J connectivity index is 1.36. The molecule has 0 saturated heterocycles. The summed E-state index contributed by atoms with van der Waals surface area (Å²) in [5.41, 5.74) is 7.61. The van der Waals surface area contributed by atoms with Crippen molar-refractivity contribution in [3.8, 4) is 0 Å². The van der Waals surface area contributed by atoms with Gasteiger partial charge in [0.2, 0.25) is 0 Å². The van der Waals surface area contributed by atoms with Crippen LogP contribution >= 0.6 is 0 Å². The topological polar surface area (TPSA) is 85.0 Å². The van der Waals surface area contributed by atoms with Crippen LogP contribution in [0.5, 0.6) is 0 Å². The summed E-state index contributed by atoms with van der Waals surface area (Å²) in [5.74, 6) is 0.768. The van der Waals surface area contributed by atoms with Gasteiger partial charge in [-0.2, -0.15) is 5.10 Å². The van der Waals surface area contributed by atoms with Crippen molar-refractivity contribution in [1.82, 2.24) is 15.1 Å². The standard InChI is InChI=1S/C20H27N5O/c21-18(26)17-12-24-25-13-15(11-23-19(17)25)10-22-14-20(8-4-5-9-20)16-6-2-1-3-7-16/h1-3,6-7,12,15,22-23H,4-5,8-11,13-14H2,(H2,21,26). The van der Waals surface area contributed by atoms with Gasteiger partial charge in [0, 0.05) is 37.5 Å². The maximum absolute atomic E-state index is 11.4. The highest BCUT2D eigenvalue weighted by molar-refractivity contribution is 5.97. The summed E-state index contributed by atoms with van der Waals surface area (Å²) in [6.45, 7) is 3.59. The van der Waals surface area contributed by atoms with Crippen LogP contribution in [-0.4, -0.2) is 35.3 Å². The lowest BCUT2D eigenvalue weighted by Gasteiger charge is -2.32. The number of hydrogen-bond acceptors (Lipinski definition) is 4. The second kappa shape index (κ2) is 7.11. The molecule has 1 aromatic heterocycles. The summed E-state index contributed by atoms with van der Waals surface area (Å²) < 4.78 is 1.86. The van der Waals surface area contributed by atoms with Gasteiger partial charge in [-0.1, -0.05) is 43.2 Å². The molecule has 1 amide bonds. The Kier molecular flexibility index (Phi) is 4.68. The Bertz CT molecular complexity index is 764. The first-order valence-electron chi connectivity index (χ1n) is 9.54. The van der Waals surface area contributed by atoms with Crippen molar-refractivity contribution >= 4 is 11.7 Å². The van der Waals surface area contributed by atoms with Crippen LogP contribution < -0.4 is 16.4 Å². The average molecular weight is 353 g/mol. The zero-order valence-electron chi connectivity index (χ0n) is 15.1. The first-order chi connectivity index (χ1) is 12.7. The largest absolute Gasteiger partial charge is 0.369 e. The van der Waals surface area contributed by atoms with Crippen LogP contribution in [0.1, 0.15) is 41.6 Å². The molecule has 6 heteroatoms. The number of anilines is 1. The lowest BCUT2D eigenvalue weighted by Crippen LogP contribution is -2.41. The quantitative estimate of drug-likeness (QED) is 0.743. The number of nitrogens with one attached hydrogen (secondary N) is 2. The molecule has 1 saturated carbocycles. The number of primary amides is 1. The van der Waals surface area contributed by atoms with E-state index < -0.39 is 5.91 Å². The highest BCUT2D eigenvalue weighted by Gasteiger charge is 2.35. The predicted octanol–water partition coefficient (Wildman–Crippen LogP) is 2.13. The number of nitrogens with zero attached hydrogens (tertiary/aromatic N) is 2. The summed E-state index contributed by atoms with van der Waals surface area (Å²) in [5, 5.41) is 11.3. The van der Waals surface area contributed by atoms with Gasteiger partial charge in [0.05, 0.1) is 6.20 Å². The second-order valence-electron chi connectivity index (χ2n) is 7.68. The van der Waals surface area contributed by atoms with Crippen LogP contribution in [0, 0.1) is 5.92 Å². The molecule has 2 aliphatic rings. The molecule has 1 atom stereocenters. The highest BCUT2D eigenvalue weighted by Crippen LogP contribution is 2.40. The van der Waals surface area contributed by atoms with Crippen LogP contribution in [0.3, 0.4) is 0 Å². The van der Waals surface area contributed by atoms with E-state index in [0.29, 0.717) is 11.5 Å².